The molecule has 3 N–H and O–H groups in total. The first kappa shape index (κ1) is 20.6. The van der Waals surface area contributed by atoms with Crippen molar-refractivity contribution in [3.05, 3.63) is 54.1 Å². The molecular formula is C20H27N3O4. The minimum atomic E-state index is -1.00. The third-order valence-corrected chi connectivity index (χ3v) is 4.46. The van der Waals surface area contributed by atoms with Crippen LogP contribution in [0.4, 0.5) is 0 Å². The summed E-state index contributed by atoms with van der Waals surface area (Å²) in [7, 11) is 0. The van der Waals surface area contributed by atoms with Crippen molar-refractivity contribution in [1.82, 2.24) is 14.9 Å². The van der Waals surface area contributed by atoms with Gasteiger partial charge in [0.15, 0.2) is 0 Å². The number of carbonyl (C=O) groups is 2. The molecule has 2 aromatic rings. The highest BCUT2D eigenvalue weighted by Gasteiger charge is 2.26. The third-order valence-electron chi connectivity index (χ3n) is 4.46. The summed E-state index contributed by atoms with van der Waals surface area (Å²) in [4.78, 5) is 27.3. The van der Waals surface area contributed by atoms with Crippen molar-refractivity contribution in [2.75, 3.05) is 6.54 Å². The van der Waals surface area contributed by atoms with Gasteiger partial charge in [-0.25, -0.2) is 4.98 Å². The number of aliphatic carboxylic acids is 2. The molecule has 7 nitrogen and oxygen atoms in total. The van der Waals surface area contributed by atoms with E-state index < -0.39 is 23.9 Å². The summed E-state index contributed by atoms with van der Waals surface area (Å²) in [6.45, 7) is 4.52. The Morgan fingerprint density at radius 1 is 1.15 bits per heavy atom. The number of hydrogen-bond donors (Lipinski definition) is 3. The Morgan fingerprint density at radius 2 is 1.85 bits per heavy atom. The first-order valence-electron chi connectivity index (χ1n) is 9.11. The number of nitrogens with one attached hydrogen (secondary N) is 1. The van der Waals surface area contributed by atoms with Crippen molar-refractivity contribution >= 4 is 11.9 Å². The van der Waals surface area contributed by atoms with Crippen molar-refractivity contribution in [2.24, 2.45) is 5.92 Å². The van der Waals surface area contributed by atoms with E-state index in [2.05, 4.69) is 10.3 Å². The molecule has 0 amide bonds. The average Bonchev–Trinajstić information content (AvgIpc) is 3.07. The van der Waals surface area contributed by atoms with Crippen LogP contribution in [0.5, 0.6) is 0 Å². The lowest BCUT2D eigenvalue weighted by molar-refractivity contribution is -0.142. The van der Waals surface area contributed by atoms with Crippen LogP contribution in [0.1, 0.15) is 37.4 Å². The van der Waals surface area contributed by atoms with Crippen molar-refractivity contribution in [3.63, 3.8) is 0 Å². The zero-order chi connectivity index (χ0) is 19.8. The number of hydrogen-bond acceptors (Lipinski definition) is 4. The molecule has 1 aromatic heterocycles. The molecule has 7 heteroatoms. The van der Waals surface area contributed by atoms with Gasteiger partial charge in [-0.1, -0.05) is 44.2 Å². The lowest BCUT2D eigenvalue weighted by Crippen LogP contribution is -2.41. The molecule has 0 bridgehead atoms. The van der Waals surface area contributed by atoms with Crippen LogP contribution in [0.25, 0.3) is 0 Å². The number of aromatic nitrogens is 2. The molecule has 0 radical (unpaired) electrons. The van der Waals surface area contributed by atoms with Gasteiger partial charge in [0.25, 0.3) is 0 Å². The molecular weight excluding hydrogens is 346 g/mol. The summed E-state index contributed by atoms with van der Waals surface area (Å²) in [5.74, 6) is -2.64. The lowest BCUT2D eigenvalue weighted by Gasteiger charge is -2.20. The number of imidazole rings is 1. The third kappa shape index (κ3) is 6.21. The maximum Gasteiger partial charge on any atom is 0.320 e. The normalized spacial score (nSPS) is 13.4. The van der Waals surface area contributed by atoms with E-state index in [0.717, 1.165) is 12.0 Å². The van der Waals surface area contributed by atoms with Gasteiger partial charge in [0, 0.05) is 19.3 Å². The molecule has 0 saturated heterocycles. The van der Waals surface area contributed by atoms with E-state index in [1.165, 1.54) is 0 Å². The largest absolute Gasteiger partial charge is 0.481 e. The molecule has 2 unspecified atom stereocenters. The first-order chi connectivity index (χ1) is 12.9. The number of rotatable bonds is 11. The zero-order valence-electron chi connectivity index (χ0n) is 15.7. The average molecular weight is 373 g/mol. The second-order valence-electron chi connectivity index (χ2n) is 7.07. The van der Waals surface area contributed by atoms with Crippen LogP contribution in [-0.2, 0) is 22.6 Å². The molecule has 0 aliphatic carbocycles. The summed E-state index contributed by atoms with van der Waals surface area (Å²) in [5, 5.41) is 21.9. The minimum absolute atomic E-state index is 0.0377. The van der Waals surface area contributed by atoms with Gasteiger partial charge in [-0.2, -0.15) is 0 Å². The van der Waals surface area contributed by atoms with E-state index in [4.69, 9.17) is 0 Å². The maximum absolute atomic E-state index is 11.8. The highest BCUT2D eigenvalue weighted by atomic mass is 16.4. The number of aryl methyl sites for hydroxylation is 2. The molecule has 2 rings (SSSR count). The van der Waals surface area contributed by atoms with E-state index in [9.17, 15) is 19.8 Å². The quantitative estimate of drug-likeness (QED) is 0.559. The van der Waals surface area contributed by atoms with E-state index in [0.29, 0.717) is 18.7 Å². The van der Waals surface area contributed by atoms with E-state index in [-0.39, 0.29) is 12.5 Å². The molecule has 0 aliphatic rings. The molecule has 0 saturated carbocycles. The van der Waals surface area contributed by atoms with Crippen LogP contribution in [0, 0.1) is 5.92 Å². The standard InChI is InChI=1S/C20H27N3O4/c1-14(2)10-17(20(26)27)22-11-16(19(24)25)18-12-21-13-23(18)9-8-15-6-4-3-5-7-15/h3-7,12-14,16-17,22H,8-11H2,1-2H3,(H,24,25)(H,26,27). The van der Waals surface area contributed by atoms with Gasteiger partial charge < -0.3 is 20.1 Å². The summed E-state index contributed by atoms with van der Waals surface area (Å²) in [5.41, 5.74) is 1.73. The molecule has 0 aliphatic heterocycles. The minimum Gasteiger partial charge on any atom is -0.481 e. The Bertz CT molecular complexity index is 743. The van der Waals surface area contributed by atoms with Crippen LogP contribution in [0.2, 0.25) is 0 Å². The van der Waals surface area contributed by atoms with Gasteiger partial charge in [-0.15, -0.1) is 0 Å². The van der Waals surface area contributed by atoms with Crippen molar-refractivity contribution in [1.29, 1.82) is 0 Å². The first-order valence-corrected chi connectivity index (χ1v) is 9.11. The van der Waals surface area contributed by atoms with E-state index in [1.54, 1.807) is 12.5 Å². The summed E-state index contributed by atoms with van der Waals surface area (Å²) >= 11 is 0. The fourth-order valence-electron chi connectivity index (χ4n) is 3.02. The van der Waals surface area contributed by atoms with Crippen LogP contribution >= 0.6 is 0 Å². The molecule has 1 aromatic carbocycles. The monoisotopic (exact) mass is 373 g/mol. The Balaban J connectivity index is 2.07. The van der Waals surface area contributed by atoms with Crippen molar-refractivity contribution in [2.45, 2.75) is 45.2 Å². The van der Waals surface area contributed by atoms with Crippen molar-refractivity contribution < 1.29 is 19.8 Å². The smallest absolute Gasteiger partial charge is 0.320 e. The second-order valence-corrected chi connectivity index (χ2v) is 7.07. The van der Waals surface area contributed by atoms with E-state index in [1.807, 2.05) is 48.7 Å². The Kier molecular flexibility index (Phi) is 7.55. The Labute approximate surface area is 159 Å². The molecule has 0 spiro atoms. The lowest BCUT2D eigenvalue weighted by atomic mass is 10.0. The number of carboxylic acids is 2. The highest BCUT2D eigenvalue weighted by molar-refractivity contribution is 5.76. The van der Waals surface area contributed by atoms with Crippen LogP contribution in [-0.4, -0.2) is 44.3 Å². The molecule has 0 fully saturated rings. The predicted molar refractivity (Wildman–Crippen MR) is 102 cm³/mol. The fourth-order valence-corrected chi connectivity index (χ4v) is 3.02. The molecule has 27 heavy (non-hydrogen) atoms. The van der Waals surface area contributed by atoms with Crippen LogP contribution in [0.3, 0.4) is 0 Å². The SMILES string of the molecule is CC(C)CC(NCC(C(=O)O)c1cncn1CCc1ccccc1)C(=O)O. The van der Waals surface area contributed by atoms with Crippen molar-refractivity contribution in [3.8, 4) is 0 Å². The van der Waals surface area contributed by atoms with Gasteiger partial charge in [0.05, 0.1) is 12.0 Å². The summed E-state index contributed by atoms with van der Waals surface area (Å²) in [6.07, 6.45) is 4.37. The zero-order valence-corrected chi connectivity index (χ0v) is 15.7. The Morgan fingerprint density at radius 3 is 2.44 bits per heavy atom. The van der Waals surface area contributed by atoms with Gasteiger partial charge in [-0.3, -0.25) is 9.59 Å². The summed E-state index contributed by atoms with van der Waals surface area (Å²) in [6, 6.07) is 9.16. The highest BCUT2D eigenvalue weighted by Crippen LogP contribution is 2.17. The number of nitrogens with zero attached hydrogens (tertiary/aromatic N) is 2. The van der Waals surface area contributed by atoms with E-state index >= 15 is 0 Å². The van der Waals surface area contributed by atoms with Gasteiger partial charge in [-0.05, 0) is 24.3 Å². The number of carboxylic acid groups (broad SMARTS) is 2. The predicted octanol–water partition coefficient (Wildman–Crippen LogP) is 2.38. The fraction of sp³-hybridized carbons (Fsp3) is 0.450. The molecule has 1 heterocycles. The maximum atomic E-state index is 11.8. The molecule has 2 atom stereocenters. The number of benzene rings is 1. The Hall–Kier alpha value is -2.67. The van der Waals surface area contributed by atoms with Gasteiger partial charge in [0.1, 0.15) is 12.0 Å². The topological polar surface area (TPSA) is 104 Å². The van der Waals surface area contributed by atoms with Crippen LogP contribution in [0.15, 0.2) is 42.9 Å². The molecule has 146 valence electrons. The second kappa shape index (κ2) is 9.87. The summed E-state index contributed by atoms with van der Waals surface area (Å²) < 4.78 is 1.83. The van der Waals surface area contributed by atoms with Crippen LogP contribution < -0.4 is 5.32 Å². The van der Waals surface area contributed by atoms with Gasteiger partial charge in [0.2, 0.25) is 0 Å². The van der Waals surface area contributed by atoms with Gasteiger partial charge >= 0.3 is 11.9 Å².